The van der Waals surface area contributed by atoms with Gasteiger partial charge < -0.3 is 15.2 Å². The summed E-state index contributed by atoms with van der Waals surface area (Å²) in [5.74, 6) is -0.481. The fourth-order valence-electron chi connectivity index (χ4n) is 1.22. The summed E-state index contributed by atoms with van der Waals surface area (Å²) in [5.41, 5.74) is 0. The summed E-state index contributed by atoms with van der Waals surface area (Å²) in [7, 11) is 1.31. The van der Waals surface area contributed by atoms with Gasteiger partial charge in [-0.25, -0.2) is 0 Å². The van der Waals surface area contributed by atoms with Crippen LogP contribution in [0.25, 0.3) is 0 Å². The Hall–Kier alpha value is -1.10. The first-order chi connectivity index (χ1) is 7.70. The first kappa shape index (κ1) is 14.9. The van der Waals surface area contributed by atoms with Crippen LogP contribution in [0.3, 0.4) is 0 Å². The fraction of sp³-hybridized carbons (Fsp3) is 0.818. The Morgan fingerprint density at radius 2 is 1.81 bits per heavy atom. The van der Waals surface area contributed by atoms with E-state index in [0.29, 0.717) is 6.54 Å². The Balaban J connectivity index is 3.27. The molecule has 0 spiro atoms. The Bertz CT molecular complexity index is 206. The summed E-state index contributed by atoms with van der Waals surface area (Å²) < 4.78 is 4.43. The molecule has 0 aliphatic rings. The van der Waals surface area contributed by atoms with Crippen molar-refractivity contribution in [3.05, 3.63) is 0 Å². The van der Waals surface area contributed by atoms with Crippen LogP contribution in [0.1, 0.15) is 38.5 Å². The van der Waals surface area contributed by atoms with E-state index in [9.17, 15) is 9.59 Å². The molecule has 0 aliphatic carbocycles. The number of aliphatic hydroxyl groups is 1. The van der Waals surface area contributed by atoms with E-state index in [0.717, 1.165) is 25.7 Å². The summed E-state index contributed by atoms with van der Waals surface area (Å²) in [6.45, 7) is 0.858. The Morgan fingerprint density at radius 1 is 1.12 bits per heavy atom. The van der Waals surface area contributed by atoms with Gasteiger partial charge in [-0.05, 0) is 12.8 Å². The predicted molar refractivity (Wildman–Crippen MR) is 59.8 cm³/mol. The number of hydrogen-bond donors (Lipinski definition) is 2. The minimum absolute atomic E-state index is 0.118. The molecule has 0 saturated heterocycles. The second kappa shape index (κ2) is 10.4. The fourth-order valence-corrected chi connectivity index (χ4v) is 1.22. The molecule has 0 fully saturated rings. The molecule has 94 valence electrons. The normalized spacial score (nSPS) is 9.88. The van der Waals surface area contributed by atoms with E-state index in [-0.39, 0.29) is 31.3 Å². The van der Waals surface area contributed by atoms with Crippen LogP contribution in [0.5, 0.6) is 0 Å². The van der Waals surface area contributed by atoms with Crippen LogP contribution in [0, 0.1) is 0 Å². The summed E-state index contributed by atoms with van der Waals surface area (Å²) in [6.07, 6.45) is 4.02. The maximum absolute atomic E-state index is 11.2. The molecule has 1 amide bonds. The topological polar surface area (TPSA) is 75.6 Å². The highest BCUT2D eigenvalue weighted by Crippen LogP contribution is 1.98. The number of carbonyl (C=O) groups excluding carboxylic acids is 2. The lowest BCUT2D eigenvalue weighted by Gasteiger charge is -2.04. The van der Waals surface area contributed by atoms with Crippen LogP contribution in [0.15, 0.2) is 0 Å². The molecule has 0 atom stereocenters. The molecule has 0 aliphatic heterocycles. The molecule has 0 saturated carbocycles. The minimum Gasteiger partial charge on any atom is -0.469 e. The van der Waals surface area contributed by atoms with E-state index in [1.54, 1.807) is 0 Å². The van der Waals surface area contributed by atoms with E-state index < -0.39 is 0 Å². The van der Waals surface area contributed by atoms with E-state index in [2.05, 4.69) is 10.1 Å². The molecular weight excluding hydrogens is 210 g/mol. The molecular formula is C11H21NO4. The van der Waals surface area contributed by atoms with Crippen LogP contribution >= 0.6 is 0 Å². The molecule has 16 heavy (non-hydrogen) atoms. The lowest BCUT2D eigenvalue weighted by atomic mass is 10.2. The van der Waals surface area contributed by atoms with Crippen molar-refractivity contribution in [2.45, 2.75) is 38.5 Å². The molecule has 0 unspecified atom stereocenters. The summed E-state index contributed by atoms with van der Waals surface area (Å²) >= 11 is 0. The van der Waals surface area contributed by atoms with E-state index in [1.807, 2.05) is 0 Å². The number of ether oxygens (including phenoxy) is 1. The molecule has 0 radical (unpaired) electrons. The third-order valence-corrected chi connectivity index (χ3v) is 2.19. The highest BCUT2D eigenvalue weighted by Gasteiger charge is 2.05. The van der Waals surface area contributed by atoms with Crippen LogP contribution in [-0.2, 0) is 14.3 Å². The van der Waals surface area contributed by atoms with Crippen molar-refractivity contribution in [3.63, 3.8) is 0 Å². The third-order valence-electron chi connectivity index (χ3n) is 2.19. The average Bonchev–Trinajstić information content (AvgIpc) is 2.30. The number of hydrogen-bond acceptors (Lipinski definition) is 4. The lowest BCUT2D eigenvalue weighted by molar-refractivity contribution is -0.142. The van der Waals surface area contributed by atoms with E-state index in [1.165, 1.54) is 7.11 Å². The third kappa shape index (κ3) is 9.45. The second-order valence-corrected chi connectivity index (χ2v) is 3.56. The maximum Gasteiger partial charge on any atom is 0.306 e. The van der Waals surface area contributed by atoms with Crippen molar-refractivity contribution in [1.29, 1.82) is 0 Å². The molecule has 2 N–H and O–H groups in total. The van der Waals surface area contributed by atoms with Crippen LogP contribution in [0.4, 0.5) is 0 Å². The van der Waals surface area contributed by atoms with Gasteiger partial charge in [0, 0.05) is 19.6 Å². The zero-order valence-corrected chi connectivity index (χ0v) is 9.83. The first-order valence-electron chi connectivity index (χ1n) is 5.65. The van der Waals surface area contributed by atoms with E-state index in [4.69, 9.17) is 5.11 Å². The minimum atomic E-state index is -0.363. The average molecular weight is 231 g/mol. The molecule has 0 rings (SSSR count). The van der Waals surface area contributed by atoms with Gasteiger partial charge in [0.15, 0.2) is 0 Å². The van der Waals surface area contributed by atoms with Crippen molar-refractivity contribution < 1.29 is 19.4 Å². The van der Waals surface area contributed by atoms with E-state index >= 15 is 0 Å². The van der Waals surface area contributed by atoms with Gasteiger partial charge in [-0.2, -0.15) is 0 Å². The summed E-state index contributed by atoms with van der Waals surface area (Å²) in [6, 6.07) is 0. The van der Waals surface area contributed by atoms with Crippen molar-refractivity contribution in [2.24, 2.45) is 0 Å². The van der Waals surface area contributed by atoms with Crippen LogP contribution in [-0.4, -0.2) is 37.2 Å². The standard InChI is InChI=1S/C11H21NO4/c1-16-11(15)7-6-10(14)12-8-4-2-3-5-9-13/h13H,2-9H2,1H3,(H,12,14). The second-order valence-electron chi connectivity index (χ2n) is 3.56. The molecule has 5 heteroatoms. The maximum atomic E-state index is 11.2. The number of rotatable bonds is 9. The van der Waals surface area contributed by atoms with Gasteiger partial charge in [0.2, 0.25) is 5.91 Å². The molecule has 0 aromatic carbocycles. The number of aliphatic hydroxyl groups excluding tert-OH is 1. The Kier molecular flexibility index (Phi) is 9.70. The number of nitrogens with one attached hydrogen (secondary N) is 1. The van der Waals surface area contributed by atoms with Crippen LogP contribution in [0.2, 0.25) is 0 Å². The molecule has 0 aromatic heterocycles. The summed E-state index contributed by atoms with van der Waals surface area (Å²) in [4.78, 5) is 21.9. The molecule has 5 nitrogen and oxygen atoms in total. The summed E-state index contributed by atoms with van der Waals surface area (Å²) in [5, 5.41) is 11.3. The largest absolute Gasteiger partial charge is 0.469 e. The van der Waals surface area contributed by atoms with Gasteiger partial charge in [0.1, 0.15) is 0 Å². The Morgan fingerprint density at radius 3 is 2.44 bits per heavy atom. The quantitative estimate of drug-likeness (QED) is 0.450. The van der Waals surface area contributed by atoms with Crippen molar-refractivity contribution in [3.8, 4) is 0 Å². The van der Waals surface area contributed by atoms with Crippen LogP contribution < -0.4 is 5.32 Å². The first-order valence-corrected chi connectivity index (χ1v) is 5.65. The van der Waals surface area contributed by atoms with Gasteiger partial charge in [0.05, 0.1) is 13.5 Å². The number of unbranched alkanes of at least 4 members (excludes halogenated alkanes) is 3. The number of amides is 1. The van der Waals surface area contributed by atoms with Gasteiger partial charge in [0.25, 0.3) is 0 Å². The smallest absolute Gasteiger partial charge is 0.306 e. The number of esters is 1. The number of carbonyl (C=O) groups is 2. The van der Waals surface area contributed by atoms with Gasteiger partial charge in [-0.3, -0.25) is 9.59 Å². The van der Waals surface area contributed by atoms with Crippen molar-refractivity contribution >= 4 is 11.9 Å². The molecule has 0 bridgehead atoms. The lowest BCUT2D eigenvalue weighted by Crippen LogP contribution is -2.24. The van der Waals surface area contributed by atoms with Gasteiger partial charge in [-0.15, -0.1) is 0 Å². The number of methoxy groups -OCH3 is 1. The van der Waals surface area contributed by atoms with Gasteiger partial charge in [-0.1, -0.05) is 12.8 Å². The zero-order valence-electron chi connectivity index (χ0n) is 9.83. The zero-order chi connectivity index (χ0) is 12.2. The predicted octanol–water partition coefficient (Wildman–Crippen LogP) is 0.608. The Labute approximate surface area is 96.2 Å². The van der Waals surface area contributed by atoms with Crippen molar-refractivity contribution in [2.75, 3.05) is 20.3 Å². The highest BCUT2D eigenvalue weighted by molar-refractivity contribution is 5.81. The molecule has 0 aromatic rings. The highest BCUT2D eigenvalue weighted by atomic mass is 16.5. The molecule has 0 heterocycles. The van der Waals surface area contributed by atoms with Gasteiger partial charge >= 0.3 is 5.97 Å². The SMILES string of the molecule is COC(=O)CCC(=O)NCCCCCCO. The van der Waals surface area contributed by atoms with Crippen molar-refractivity contribution in [1.82, 2.24) is 5.32 Å². The monoisotopic (exact) mass is 231 g/mol.